The number of hydrogen-bond acceptors (Lipinski definition) is 3. The van der Waals surface area contributed by atoms with Crippen LogP contribution in [0.2, 0.25) is 0 Å². The van der Waals surface area contributed by atoms with Crippen LogP contribution in [-0.2, 0) is 9.59 Å². The van der Waals surface area contributed by atoms with Crippen molar-refractivity contribution in [3.05, 3.63) is 35.4 Å². The summed E-state index contributed by atoms with van der Waals surface area (Å²) in [5.74, 6) is -3.18. The molecule has 0 amide bonds. The number of carboxylic acids is 2. The molecule has 0 aromatic rings. The molecule has 2 rings (SSSR count). The van der Waals surface area contributed by atoms with Crippen molar-refractivity contribution in [3.8, 4) is 0 Å². The molecule has 1 heterocycles. The van der Waals surface area contributed by atoms with Crippen molar-refractivity contribution in [1.82, 2.24) is 4.90 Å². The lowest BCUT2D eigenvalue weighted by atomic mass is 9.84. The minimum absolute atomic E-state index is 0.0132. The summed E-state index contributed by atoms with van der Waals surface area (Å²) in [4.78, 5) is 23.6. The maximum absolute atomic E-state index is 13.3. The number of aliphatic carboxylic acids is 2. The Balaban J connectivity index is 2.39. The number of carboxylic acid groups (broad SMARTS) is 2. The van der Waals surface area contributed by atoms with Gasteiger partial charge in [0.05, 0.1) is 0 Å². The summed E-state index contributed by atoms with van der Waals surface area (Å²) >= 11 is 0. The fourth-order valence-corrected chi connectivity index (χ4v) is 2.65. The van der Waals surface area contributed by atoms with Crippen molar-refractivity contribution in [2.24, 2.45) is 5.92 Å². The topological polar surface area (TPSA) is 77.8 Å². The Hall–Kier alpha value is -2.11. The monoisotopic (exact) mass is 281 g/mol. The van der Waals surface area contributed by atoms with Gasteiger partial charge >= 0.3 is 11.9 Å². The van der Waals surface area contributed by atoms with E-state index in [9.17, 15) is 14.0 Å². The molecule has 2 N–H and O–H groups in total. The number of nitrogens with zero attached hydrogens (tertiary/aromatic N) is 1. The van der Waals surface area contributed by atoms with Gasteiger partial charge in [-0.2, -0.15) is 0 Å². The molecular weight excluding hydrogens is 265 g/mol. The predicted molar refractivity (Wildman–Crippen MR) is 69.3 cm³/mol. The summed E-state index contributed by atoms with van der Waals surface area (Å²) < 4.78 is 13.3. The second kappa shape index (κ2) is 5.48. The van der Waals surface area contributed by atoms with Crippen LogP contribution < -0.4 is 0 Å². The average molecular weight is 281 g/mol. The summed E-state index contributed by atoms with van der Waals surface area (Å²) in [6.45, 7) is 1.89. The van der Waals surface area contributed by atoms with Crippen molar-refractivity contribution < 1.29 is 24.2 Å². The zero-order valence-electron chi connectivity index (χ0n) is 11.0. The molecule has 1 fully saturated rings. The van der Waals surface area contributed by atoms with Crippen LogP contribution in [0, 0.1) is 5.92 Å². The van der Waals surface area contributed by atoms with Crippen LogP contribution in [0.25, 0.3) is 0 Å². The number of rotatable bonds is 3. The third kappa shape index (κ3) is 2.74. The Kier molecular flexibility index (Phi) is 3.92. The highest BCUT2D eigenvalue weighted by molar-refractivity contribution is 6.12. The molecule has 108 valence electrons. The molecule has 2 unspecified atom stereocenters. The molecule has 0 radical (unpaired) electrons. The van der Waals surface area contributed by atoms with Gasteiger partial charge in [0.25, 0.3) is 0 Å². The first-order valence-electron chi connectivity index (χ1n) is 6.43. The number of allylic oxidation sites excluding steroid dienone is 4. The van der Waals surface area contributed by atoms with Crippen LogP contribution in [0.4, 0.5) is 4.39 Å². The first kappa shape index (κ1) is 14.3. The van der Waals surface area contributed by atoms with Crippen molar-refractivity contribution in [3.63, 3.8) is 0 Å². The van der Waals surface area contributed by atoms with Gasteiger partial charge in [0.2, 0.25) is 0 Å². The Bertz CT molecular complexity index is 519. The van der Waals surface area contributed by atoms with Gasteiger partial charge < -0.3 is 15.1 Å². The van der Waals surface area contributed by atoms with Gasteiger partial charge in [0.15, 0.2) is 5.57 Å². The molecule has 20 heavy (non-hydrogen) atoms. The molecule has 5 nitrogen and oxygen atoms in total. The highest BCUT2D eigenvalue weighted by Gasteiger charge is 2.32. The largest absolute Gasteiger partial charge is 0.477 e. The highest BCUT2D eigenvalue weighted by Crippen LogP contribution is 2.38. The summed E-state index contributed by atoms with van der Waals surface area (Å²) in [5.41, 5.74) is 0.0959. The van der Waals surface area contributed by atoms with Gasteiger partial charge in [-0.1, -0.05) is 0 Å². The Morgan fingerprint density at radius 1 is 1.30 bits per heavy atom. The summed E-state index contributed by atoms with van der Waals surface area (Å²) in [6, 6.07) is -0.0132. The summed E-state index contributed by atoms with van der Waals surface area (Å²) in [5, 5.41) is 17.9. The van der Waals surface area contributed by atoms with E-state index in [-0.39, 0.29) is 17.8 Å². The Morgan fingerprint density at radius 2 is 1.95 bits per heavy atom. The number of halogens is 1. The third-order valence-corrected chi connectivity index (χ3v) is 3.73. The molecule has 6 heteroatoms. The SMILES string of the molecule is CC1CCC2CC(F)=CC=C2N1C=C(C(=O)O)C(=O)O. The lowest BCUT2D eigenvalue weighted by Gasteiger charge is -2.41. The summed E-state index contributed by atoms with van der Waals surface area (Å²) in [6.07, 6.45) is 5.97. The Morgan fingerprint density at radius 3 is 2.55 bits per heavy atom. The molecule has 2 atom stereocenters. The number of likely N-dealkylation sites (tertiary alicyclic amines) is 1. The predicted octanol–water partition coefficient (Wildman–Crippen LogP) is 2.28. The molecule has 0 saturated carbocycles. The normalized spacial score (nSPS) is 25.2. The molecule has 2 aliphatic rings. The molecule has 0 aromatic carbocycles. The highest BCUT2D eigenvalue weighted by atomic mass is 19.1. The van der Waals surface area contributed by atoms with E-state index in [4.69, 9.17) is 10.2 Å². The number of piperidine rings is 1. The molecular formula is C14H16FNO4. The van der Waals surface area contributed by atoms with E-state index < -0.39 is 17.5 Å². The molecule has 0 spiro atoms. The van der Waals surface area contributed by atoms with Gasteiger partial charge in [0, 0.05) is 30.3 Å². The third-order valence-electron chi connectivity index (χ3n) is 3.73. The van der Waals surface area contributed by atoms with Gasteiger partial charge in [0.1, 0.15) is 5.83 Å². The smallest absolute Gasteiger partial charge is 0.344 e. The van der Waals surface area contributed by atoms with Crippen LogP contribution in [0.3, 0.4) is 0 Å². The fourth-order valence-electron chi connectivity index (χ4n) is 2.65. The first-order chi connectivity index (χ1) is 9.40. The van der Waals surface area contributed by atoms with Crippen LogP contribution in [-0.4, -0.2) is 33.1 Å². The number of fused-ring (bicyclic) bond motifs is 1. The molecule has 1 aliphatic heterocycles. The van der Waals surface area contributed by atoms with E-state index in [0.29, 0.717) is 6.42 Å². The molecule has 1 aliphatic carbocycles. The van der Waals surface area contributed by atoms with Crippen LogP contribution in [0.15, 0.2) is 35.4 Å². The fraction of sp³-hybridized carbons (Fsp3) is 0.429. The van der Waals surface area contributed by atoms with Crippen molar-refractivity contribution in [2.45, 2.75) is 32.2 Å². The van der Waals surface area contributed by atoms with Crippen molar-refractivity contribution in [1.29, 1.82) is 0 Å². The van der Waals surface area contributed by atoms with Gasteiger partial charge in [-0.15, -0.1) is 0 Å². The van der Waals surface area contributed by atoms with E-state index in [1.165, 1.54) is 6.08 Å². The standard InChI is InChI=1S/C14H16FNO4/c1-8-2-3-9-6-10(15)4-5-12(9)16(8)7-11(13(17)18)14(19)20/h4-5,7-9H,2-3,6H2,1H3,(H,17,18)(H,19,20). The van der Waals surface area contributed by atoms with Gasteiger partial charge in [-0.3, -0.25) is 0 Å². The molecule has 0 bridgehead atoms. The zero-order chi connectivity index (χ0) is 14.9. The molecule has 0 aromatic heterocycles. The zero-order valence-corrected chi connectivity index (χ0v) is 11.0. The lowest BCUT2D eigenvalue weighted by molar-refractivity contribution is -0.140. The first-order valence-corrected chi connectivity index (χ1v) is 6.43. The van der Waals surface area contributed by atoms with Crippen LogP contribution >= 0.6 is 0 Å². The van der Waals surface area contributed by atoms with Crippen LogP contribution in [0.5, 0.6) is 0 Å². The van der Waals surface area contributed by atoms with E-state index in [2.05, 4.69) is 0 Å². The number of carbonyl (C=O) groups is 2. The van der Waals surface area contributed by atoms with E-state index in [1.807, 2.05) is 6.92 Å². The molecule has 1 saturated heterocycles. The maximum Gasteiger partial charge on any atom is 0.344 e. The van der Waals surface area contributed by atoms with E-state index >= 15 is 0 Å². The van der Waals surface area contributed by atoms with Gasteiger partial charge in [-0.05, 0) is 31.9 Å². The maximum atomic E-state index is 13.3. The van der Waals surface area contributed by atoms with Gasteiger partial charge in [-0.25, -0.2) is 14.0 Å². The van der Waals surface area contributed by atoms with Crippen LogP contribution in [0.1, 0.15) is 26.2 Å². The quantitative estimate of drug-likeness (QED) is 0.471. The Labute approximate surface area is 115 Å². The van der Waals surface area contributed by atoms with Crippen molar-refractivity contribution >= 4 is 11.9 Å². The summed E-state index contributed by atoms with van der Waals surface area (Å²) in [7, 11) is 0. The number of hydrogen-bond donors (Lipinski definition) is 2. The van der Waals surface area contributed by atoms with Crippen molar-refractivity contribution in [2.75, 3.05) is 0 Å². The minimum atomic E-state index is -1.48. The van der Waals surface area contributed by atoms with E-state index in [1.54, 1.807) is 11.0 Å². The minimum Gasteiger partial charge on any atom is -0.477 e. The van der Waals surface area contributed by atoms with E-state index in [0.717, 1.165) is 24.7 Å². The second-order valence-corrected chi connectivity index (χ2v) is 5.09. The lowest BCUT2D eigenvalue weighted by Crippen LogP contribution is -2.38. The second-order valence-electron chi connectivity index (χ2n) is 5.09. The average Bonchev–Trinajstić information content (AvgIpc) is 2.36.